The van der Waals surface area contributed by atoms with Gasteiger partial charge in [-0.3, -0.25) is 4.98 Å². The average molecular weight is 330 g/mol. The summed E-state index contributed by atoms with van der Waals surface area (Å²) in [6.45, 7) is 1.93. The maximum Gasteiger partial charge on any atom is 0.178 e. The standard InChI is InChI=1S/C15H12BrN3O/c1-9-12(6-3-7-18-9)14-13(15(17)19-20-14)10-4-2-5-11(16)8-10/h2-8H,1H3,(H2,17,19). The Balaban J connectivity index is 2.23. The molecule has 3 aromatic rings. The van der Waals surface area contributed by atoms with Crippen LogP contribution in [-0.4, -0.2) is 10.1 Å². The Hall–Kier alpha value is -2.14. The highest BCUT2D eigenvalue weighted by Crippen LogP contribution is 2.38. The Labute approximate surface area is 124 Å². The van der Waals surface area contributed by atoms with E-state index in [1.807, 2.05) is 43.3 Å². The number of nitrogens with two attached hydrogens (primary N) is 1. The summed E-state index contributed by atoms with van der Waals surface area (Å²) in [5.74, 6) is 1.02. The van der Waals surface area contributed by atoms with Gasteiger partial charge in [-0.15, -0.1) is 0 Å². The molecule has 0 spiro atoms. The van der Waals surface area contributed by atoms with E-state index in [1.165, 1.54) is 0 Å². The number of benzene rings is 1. The SMILES string of the molecule is Cc1ncccc1-c1onc(N)c1-c1cccc(Br)c1. The van der Waals surface area contributed by atoms with Crippen LogP contribution in [0.3, 0.4) is 0 Å². The second-order valence-electron chi connectivity index (χ2n) is 4.42. The van der Waals surface area contributed by atoms with Crippen molar-refractivity contribution in [3.05, 3.63) is 52.8 Å². The van der Waals surface area contributed by atoms with Gasteiger partial charge in [-0.05, 0) is 36.8 Å². The molecule has 0 amide bonds. The topological polar surface area (TPSA) is 64.9 Å². The second kappa shape index (κ2) is 5.09. The van der Waals surface area contributed by atoms with Crippen molar-refractivity contribution >= 4 is 21.7 Å². The number of nitrogen functional groups attached to an aromatic ring is 1. The maximum absolute atomic E-state index is 5.97. The summed E-state index contributed by atoms with van der Waals surface area (Å²) < 4.78 is 6.40. The van der Waals surface area contributed by atoms with Crippen LogP contribution in [-0.2, 0) is 0 Å². The molecule has 4 nitrogen and oxygen atoms in total. The number of pyridine rings is 1. The van der Waals surface area contributed by atoms with Gasteiger partial charge in [-0.2, -0.15) is 0 Å². The van der Waals surface area contributed by atoms with Crippen LogP contribution in [0.25, 0.3) is 22.5 Å². The predicted molar refractivity (Wildman–Crippen MR) is 82.0 cm³/mol. The normalized spacial score (nSPS) is 10.7. The molecular weight excluding hydrogens is 318 g/mol. The predicted octanol–water partition coefficient (Wildman–Crippen LogP) is 4.06. The van der Waals surface area contributed by atoms with Crippen LogP contribution < -0.4 is 5.73 Å². The van der Waals surface area contributed by atoms with Crippen molar-refractivity contribution in [2.75, 3.05) is 5.73 Å². The molecule has 0 fully saturated rings. The van der Waals surface area contributed by atoms with Crippen molar-refractivity contribution in [1.82, 2.24) is 10.1 Å². The van der Waals surface area contributed by atoms with E-state index < -0.39 is 0 Å². The van der Waals surface area contributed by atoms with E-state index in [4.69, 9.17) is 10.3 Å². The largest absolute Gasteiger partial charge is 0.380 e. The summed E-state index contributed by atoms with van der Waals surface area (Å²) >= 11 is 3.46. The fraction of sp³-hybridized carbons (Fsp3) is 0.0667. The monoisotopic (exact) mass is 329 g/mol. The molecule has 5 heteroatoms. The third-order valence-corrected chi connectivity index (χ3v) is 3.58. The van der Waals surface area contributed by atoms with E-state index in [-0.39, 0.29) is 0 Å². The number of anilines is 1. The maximum atomic E-state index is 5.97. The van der Waals surface area contributed by atoms with Gasteiger partial charge in [0.15, 0.2) is 11.6 Å². The number of rotatable bonds is 2. The van der Waals surface area contributed by atoms with Gasteiger partial charge < -0.3 is 10.3 Å². The van der Waals surface area contributed by atoms with Crippen LogP contribution in [0.4, 0.5) is 5.82 Å². The van der Waals surface area contributed by atoms with Gasteiger partial charge in [0.25, 0.3) is 0 Å². The lowest BCUT2D eigenvalue weighted by Crippen LogP contribution is -1.90. The van der Waals surface area contributed by atoms with Crippen molar-refractivity contribution in [1.29, 1.82) is 0 Å². The van der Waals surface area contributed by atoms with Crippen LogP contribution in [0.2, 0.25) is 0 Å². The fourth-order valence-electron chi connectivity index (χ4n) is 2.13. The third-order valence-electron chi connectivity index (χ3n) is 3.08. The Morgan fingerprint density at radius 2 is 2.05 bits per heavy atom. The number of halogens is 1. The molecule has 0 bridgehead atoms. The van der Waals surface area contributed by atoms with Crippen LogP contribution >= 0.6 is 15.9 Å². The zero-order chi connectivity index (χ0) is 14.1. The average Bonchev–Trinajstić information content (AvgIpc) is 2.81. The molecule has 0 saturated heterocycles. The van der Waals surface area contributed by atoms with Crippen molar-refractivity contribution in [3.63, 3.8) is 0 Å². The zero-order valence-corrected chi connectivity index (χ0v) is 12.4. The first-order valence-corrected chi connectivity index (χ1v) is 6.89. The van der Waals surface area contributed by atoms with Gasteiger partial charge in [-0.1, -0.05) is 33.2 Å². The molecular formula is C15H12BrN3O. The summed E-state index contributed by atoms with van der Waals surface area (Å²) in [5, 5.41) is 3.90. The first-order chi connectivity index (χ1) is 9.66. The molecule has 0 aliphatic heterocycles. The highest BCUT2D eigenvalue weighted by Gasteiger charge is 2.19. The summed E-state index contributed by atoms with van der Waals surface area (Å²) in [4.78, 5) is 4.28. The molecule has 100 valence electrons. The highest BCUT2D eigenvalue weighted by atomic mass is 79.9. The summed E-state index contributed by atoms with van der Waals surface area (Å²) in [7, 11) is 0. The molecule has 20 heavy (non-hydrogen) atoms. The summed E-state index contributed by atoms with van der Waals surface area (Å²) in [5.41, 5.74) is 9.49. The molecule has 2 aromatic heterocycles. The van der Waals surface area contributed by atoms with Gasteiger partial charge >= 0.3 is 0 Å². The number of hydrogen-bond acceptors (Lipinski definition) is 4. The van der Waals surface area contributed by atoms with Crippen LogP contribution in [0.1, 0.15) is 5.69 Å². The Bertz CT molecular complexity index is 767. The van der Waals surface area contributed by atoms with E-state index in [2.05, 4.69) is 26.1 Å². The minimum absolute atomic E-state index is 0.376. The minimum atomic E-state index is 0.376. The minimum Gasteiger partial charge on any atom is -0.380 e. The number of hydrogen-bond donors (Lipinski definition) is 1. The Morgan fingerprint density at radius 1 is 1.20 bits per heavy atom. The first kappa shape index (κ1) is 12.9. The van der Waals surface area contributed by atoms with Crippen molar-refractivity contribution in [3.8, 4) is 22.5 Å². The van der Waals surface area contributed by atoms with E-state index in [1.54, 1.807) is 6.20 Å². The Kier molecular flexibility index (Phi) is 3.28. The molecule has 0 saturated carbocycles. The zero-order valence-electron chi connectivity index (χ0n) is 10.8. The van der Waals surface area contributed by atoms with Crippen LogP contribution in [0.15, 0.2) is 51.6 Å². The van der Waals surface area contributed by atoms with Crippen molar-refractivity contribution < 1.29 is 4.52 Å². The highest BCUT2D eigenvalue weighted by molar-refractivity contribution is 9.10. The van der Waals surface area contributed by atoms with Gasteiger partial charge in [-0.25, -0.2) is 0 Å². The Morgan fingerprint density at radius 3 is 2.80 bits per heavy atom. The molecule has 0 aliphatic carbocycles. The summed E-state index contributed by atoms with van der Waals surface area (Å²) in [6, 6.07) is 11.7. The molecule has 1 aromatic carbocycles. The second-order valence-corrected chi connectivity index (χ2v) is 5.33. The van der Waals surface area contributed by atoms with Gasteiger partial charge in [0, 0.05) is 21.9 Å². The van der Waals surface area contributed by atoms with Crippen LogP contribution in [0, 0.1) is 6.92 Å². The van der Waals surface area contributed by atoms with E-state index in [0.717, 1.165) is 26.9 Å². The number of aromatic nitrogens is 2. The lowest BCUT2D eigenvalue weighted by atomic mass is 10.0. The fourth-order valence-corrected chi connectivity index (χ4v) is 2.53. The van der Waals surface area contributed by atoms with Gasteiger partial charge in [0.1, 0.15) is 0 Å². The van der Waals surface area contributed by atoms with Crippen LogP contribution in [0.5, 0.6) is 0 Å². The molecule has 2 N–H and O–H groups in total. The van der Waals surface area contributed by atoms with E-state index >= 15 is 0 Å². The van der Waals surface area contributed by atoms with Crippen molar-refractivity contribution in [2.24, 2.45) is 0 Å². The lowest BCUT2D eigenvalue weighted by Gasteiger charge is -2.05. The molecule has 0 aliphatic rings. The summed E-state index contributed by atoms with van der Waals surface area (Å²) in [6.07, 6.45) is 1.75. The lowest BCUT2D eigenvalue weighted by molar-refractivity contribution is 0.435. The van der Waals surface area contributed by atoms with E-state index in [9.17, 15) is 0 Å². The molecule has 3 rings (SSSR count). The molecule has 0 radical (unpaired) electrons. The molecule has 0 unspecified atom stereocenters. The van der Waals surface area contributed by atoms with Crippen molar-refractivity contribution in [2.45, 2.75) is 6.92 Å². The third kappa shape index (κ3) is 2.20. The molecule has 0 atom stereocenters. The smallest absolute Gasteiger partial charge is 0.178 e. The first-order valence-electron chi connectivity index (χ1n) is 6.10. The van der Waals surface area contributed by atoms with Gasteiger partial charge in [0.2, 0.25) is 0 Å². The quantitative estimate of drug-likeness (QED) is 0.770. The van der Waals surface area contributed by atoms with Gasteiger partial charge in [0.05, 0.1) is 5.56 Å². The molecule has 2 heterocycles. The number of nitrogens with zero attached hydrogens (tertiary/aromatic N) is 2. The number of aryl methyl sites for hydroxylation is 1. The van der Waals surface area contributed by atoms with E-state index in [0.29, 0.717) is 11.6 Å².